The zero-order valence-electron chi connectivity index (χ0n) is 16.9. The van der Waals surface area contributed by atoms with Crippen LogP contribution in [0.4, 0.5) is 0 Å². The third-order valence-electron chi connectivity index (χ3n) is 5.21. The van der Waals surface area contributed by atoms with Crippen molar-refractivity contribution in [3.8, 4) is 5.75 Å². The van der Waals surface area contributed by atoms with Crippen LogP contribution in [-0.2, 0) is 10.5 Å². The molecule has 1 aromatic carbocycles. The maximum atomic E-state index is 12.4. The Balaban J connectivity index is 1.54. The Bertz CT molecular complexity index is 767. The average molecular weight is 404 g/mol. The molecule has 1 aliphatic rings. The Kier molecular flexibility index (Phi) is 7.39. The van der Waals surface area contributed by atoms with Gasteiger partial charge in [-0.3, -0.25) is 9.69 Å². The number of aryl methyl sites for hydroxylation is 2. The highest BCUT2D eigenvalue weighted by Crippen LogP contribution is 2.27. The van der Waals surface area contributed by atoms with Crippen LogP contribution in [0.1, 0.15) is 41.5 Å². The van der Waals surface area contributed by atoms with Crippen LogP contribution in [0.2, 0.25) is 0 Å². The number of nitrogens with one attached hydrogen (secondary N) is 1. The van der Waals surface area contributed by atoms with E-state index >= 15 is 0 Å². The molecule has 7 heteroatoms. The molecule has 0 aliphatic carbocycles. The van der Waals surface area contributed by atoms with Gasteiger partial charge in [0, 0.05) is 17.9 Å². The van der Waals surface area contributed by atoms with E-state index in [-0.39, 0.29) is 11.9 Å². The molecular weight excluding hydrogens is 374 g/mol. The Hall–Kier alpha value is -1.99. The molecule has 152 valence electrons. The number of ether oxygens (including phenoxy) is 1. The van der Waals surface area contributed by atoms with Crippen molar-refractivity contribution in [1.82, 2.24) is 15.4 Å². The number of hydrogen-bond donors (Lipinski definition) is 1. The number of aromatic nitrogens is 1. The first-order chi connectivity index (χ1) is 13.6. The Morgan fingerprint density at radius 1 is 1.36 bits per heavy atom. The molecule has 1 saturated heterocycles. The molecule has 0 bridgehead atoms. The average Bonchev–Trinajstić information content (AvgIpc) is 3.34. The van der Waals surface area contributed by atoms with Crippen molar-refractivity contribution >= 4 is 17.7 Å². The lowest BCUT2D eigenvalue weighted by Crippen LogP contribution is -2.37. The lowest BCUT2D eigenvalue weighted by Gasteiger charge is -2.28. The molecule has 3 rings (SSSR count). The molecule has 1 aromatic heterocycles. The van der Waals surface area contributed by atoms with E-state index in [0.29, 0.717) is 12.3 Å². The second-order valence-electron chi connectivity index (χ2n) is 7.14. The first-order valence-electron chi connectivity index (χ1n) is 9.72. The van der Waals surface area contributed by atoms with Gasteiger partial charge in [-0.15, -0.1) is 11.8 Å². The molecule has 0 radical (unpaired) electrons. The predicted octanol–water partition coefficient (Wildman–Crippen LogP) is 3.49. The third kappa shape index (κ3) is 5.29. The first-order valence-corrected chi connectivity index (χ1v) is 10.9. The quantitative estimate of drug-likeness (QED) is 0.691. The molecule has 1 fully saturated rings. The largest absolute Gasteiger partial charge is 0.497 e. The molecule has 1 N–H and O–H groups in total. The van der Waals surface area contributed by atoms with E-state index in [2.05, 4.69) is 27.5 Å². The third-order valence-corrected chi connectivity index (χ3v) is 6.17. The van der Waals surface area contributed by atoms with Crippen LogP contribution in [0.5, 0.6) is 5.75 Å². The number of carbonyl (C=O) groups excluding carboxylic acids is 1. The second-order valence-corrected chi connectivity index (χ2v) is 8.12. The van der Waals surface area contributed by atoms with E-state index in [9.17, 15) is 4.79 Å². The van der Waals surface area contributed by atoms with Crippen LogP contribution in [0, 0.1) is 13.8 Å². The lowest BCUT2D eigenvalue weighted by atomic mass is 10.0. The number of hydrogen-bond acceptors (Lipinski definition) is 6. The molecule has 28 heavy (non-hydrogen) atoms. The van der Waals surface area contributed by atoms with Crippen LogP contribution < -0.4 is 10.1 Å². The topological polar surface area (TPSA) is 67.6 Å². The smallest absolute Gasteiger partial charge is 0.230 e. The van der Waals surface area contributed by atoms with E-state index in [1.807, 2.05) is 26.0 Å². The van der Waals surface area contributed by atoms with E-state index in [1.54, 1.807) is 18.9 Å². The lowest BCUT2D eigenvalue weighted by molar-refractivity contribution is -0.118. The summed E-state index contributed by atoms with van der Waals surface area (Å²) in [6.07, 6.45) is 2.42. The normalized spacial score (nSPS) is 15.5. The van der Waals surface area contributed by atoms with E-state index in [1.165, 1.54) is 18.4 Å². The maximum absolute atomic E-state index is 12.4. The first kappa shape index (κ1) is 20.7. The number of thioether (sulfide) groups is 1. The van der Waals surface area contributed by atoms with Crippen molar-refractivity contribution in [3.05, 3.63) is 46.8 Å². The van der Waals surface area contributed by atoms with Gasteiger partial charge in [0.05, 0.1) is 24.6 Å². The van der Waals surface area contributed by atoms with Gasteiger partial charge in [-0.25, -0.2) is 0 Å². The van der Waals surface area contributed by atoms with Crippen molar-refractivity contribution in [2.24, 2.45) is 0 Å². The summed E-state index contributed by atoms with van der Waals surface area (Å²) in [5.41, 5.74) is 3.17. The summed E-state index contributed by atoms with van der Waals surface area (Å²) >= 11 is 1.59. The summed E-state index contributed by atoms with van der Waals surface area (Å²) in [7, 11) is 1.68. The molecule has 1 unspecified atom stereocenters. The van der Waals surface area contributed by atoms with Gasteiger partial charge < -0.3 is 14.6 Å². The van der Waals surface area contributed by atoms with Crippen LogP contribution in [0.15, 0.2) is 28.8 Å². The predicted molar refractivity (Wildman–Crippen MR) is 112 cm³/mol. The van der Waals surface area contributed by atoms with Crippen LogP contribution in [-0.4, -0.2) is 48.5 Å². The van der Waals surface area contributed by atoms with E-state index < -0.39 is 0 Å². The summed E-state index contributed by atoms with van der Waals surface area (Å²) in [6, 6.07) is 8.33. The van der Waals surface area contributed by atoms with Gasteiger partial charge in [-0.1, -0.05) is 17.3 Å². The number of carbonyl (C=O) groups is 1. The standard InChI is InChI=1S/C21H29N3O3S/c1-15-19(16(2)27-23-15)13-28-14-21(25)22-12-20(24-9-4-5-10-24)17-7-6-8-18(11-17)26-3/h6-8,11,20H,4-5,9-10,12-14H2,1-3H3,(H,22,25). The van der Waals surface area contributed by atoms with Crippen molar-refractivity contribution in [1.29, 1.82) is 0 Å². The number of benzene rings is 1. The number of methoxy groups -OCH3 is 1. The highest BCUT2D eigenvalue weighted by molar-refractivity contribution is 7.99. The summed E-state index contributed by atoms with van der Waals surface area (Å²) in [5.74, 6) is 2.90. The summed E-state index contributed by atoms with van der Waals surface area (Å²) in [6.45, 7) is 6.58. The monoisotopic (exact) mass is 403 g/mol. The summed E-state index contributed by atoms with van der Waals surface area (Å²) in [4.78, 5) is 14.9. The molecule has 2 heterocycles. The van der Waals surface area contributed by atoms with Crippen LogP contribution in [0.3, 0.4) is 0 Å². The van der Waals surface area contributed by atoms with E-state index in [0.717, 1.165) is 41.6 Å². The summed E-state index contributed by atoms with van der Waals surface area (Å²) in [5, 5.41) is 7.08. The zero-order chi connectivity index (χ0) is 19.9. The molecule has 1 amide bonds. The molecular formula is C21H29N3O3S. The van der Waals surface area contributed by atoms with Crippen LogP contribution >= 0.6 is 11.8 Å². The highest BCUT2D eigenvalue weighted by atomic mass is 32.2. The van der Waals surface area contributed by atoms with Crippen LogP contribution in [0.25, 0.3) is 0 Å². The Morgan fingerprint density at radius 2 is 2.14 bits per heavy atom. The second kappa shape index (κ2) is 9.98. The highest BCUT2D eigenvalue weighted by Gasteiger charge is 2.24. The molecule has 6 nitrogen and oxygen atoms in total. The number of likely N-dealkylation sites (tertiary alicyclic amines) is 1. The fourth-order valence-corrected chi connectivity index (χ4v) is 4.58. The minimum atomic E-state index is 0.0591. The van der Waals surface area contributed by atoms with Crippen molar-refractivity contribution < 1.29 is 14.1 Å². The number of rotatable bonds is 9. The number of amides is 1. The van der Waals surface area contributed by atoms with Crippen molar-refractivity contribution in [2.75, 3.05) is 32.5 Å². The fourth-order valence-electron chi connectivity index (χ4n) is 3.58. The zero-order valence-corrected chi connectivity index (χ0v) is 17.7. The Morgan fingerprint density at radius 3 is 2.82 bits per heavy atom. The molecule has 2 aromatic rings. The SMILES string of the molecule is COc1cccc(C(CNC(=O)CSCc2c(C)noc2C)N2CCCC2)c1. The molecule has 0 saturated carbocycles. The minimum absolute atomic E-state index is 0.0591. The van der Waals surface area contributed by atoms with Gasteiger partial charge in [0.2, 0.25) is 5.91 Å². The van der Waals surface area contributed by atoms with Crippen molar-refractivity contribution in [3.63, 3.8) is 0 Å². The minimum Gasteiger partial charge on any atom is -0.497 e. The molecule has 0 spiro atoms. The van der Waals surface area contributed by atoms with Gasteiger partial charge in [-0.2, -0.15) is 0 Å². The maximum Gasteiger partial charge on any atom is 0.230 e. The number of nitrogens with zero attached hydrogens (tertiary/aromatic N) is 2. The van der Waals surface area contributed by atoms with Gasteiger partial charge in [-0.05, 0) is 57.5 Å². The van der Waals surface area contributed by atoms with Gasteiger partial charge in [0.1, 0.15) is 11.5 Å². The fraction of sp³-hybridized carbons (Fsp3) is 0.524. The van der Waals surface area contributed by atoms with Gasteiger partial charge in [0.25, 0.3) is 0 Å². The molecule has 1 aliphatic heterocycles. The summed E-state index contributed by atoms with van der Waals surface area (Å²) < 4.78 is 10.6. The van der Waals surface area contributed by atoms with E-state index in [4.69, 9.17) is 9.26 Å². The van der Waals surface area contributed by atoms with Gasteiger partial charge in [0.15, 0.2) is 0 Å². The molecule has 1 atom stereocenters. The van der Waals surface area contributed by atoms with Crippen molar-refractivity contribution in [2.45, 2.75) is 38.5 Å². The Labute approximate surface area is 171 Å². The van der Waals surface area contributed by atoms with Gasteiger partial charge >= 0.3 is 0 Å².